The maximum atomic E-state index is 12.4. The quantitative estimate of drug-likeness (QED) is 0.472. The summed E-state index contributed by atoms with van der Waals surface area (Å²) >= 11 is 1.50. The average molecular weight is 394 g/mol. The Morgan fingerprint density at radius 2 is 1.68 bits per heavy atom. The van der Waals surface area contributed by atoms with Crippen molar-refractivity contribution in [2.45, 2.75) is 31.6 Å². The summed E-state index contributed by atoms with van der Waals surface area (Å²) in [7, 11) is 0. The Labute approximate surface area is 168 Å². The van der Waals surface area contributed by atoms with Crippen LogP contribution in [0.5, 0.6) is 0 Å². The van der Waals surface area contributed by atoms with Crippen molar-refractivity contribution >= 4 is 17.7 Å². The topological polar surface area (TPSA) is 64.0 Å². The van der Waals surface area contributed by atoms with E-state index >= 15 is 0 Å². The summed E-state index contributed by atoms with van der Waals surface area (Å²) in [6, 6.07) is 21.3. The zero-order valence-corrected chi connectivity index (χ0v) is 16.6. The molecule has 1 heterocycles. The molecule has 0 unspecified atom stereocenters. The second-order valence-electron chi connectivity index (χ2n) is 6.45. The molecule has 0 bridgehead atoms. The van der Waals surface area contributed by atoms with E-state index in [9.17, 15) is 9.59 Å². The number of carbonyl (C=O) groups is 1. The van der Waals surface area contributed by atoms with Gasteiger partial charge in [0.2, 0.25) is 5.91 Å². The van der Waals surface area contributed by atoms with Gasteiger partial charge in [0.05, 0.1) is 0 Å². The number of benzene rings is 2. The number of hydrogen-bond acceptors (Lipinski definition) is 4. The molecule has 1 amide bonds. The van der Waals surface area contributed by atoms with E-state index in [4.69, 9.17) is 0 Å². The van der Waals surface area contributed by atoms with E-state index in [1.54, 1.807) is 6.92 Å². The number of nitrogens with one attached hydrogen (secondary N) is 1. The fraction of sp³-hybridized carbons (Fsp3) is 0.227. The molecular formula is C22H23N3O2S. The monoisotopic (exact) mass is 393 g/mol. The molecule has 5 nitrogen and oxygen atoms in total. The molecule has 3 rings (SSSR count). The summed E-state index contributed by atoms with van der Waals surface area (Å²) in [5.74, 6) is 0.576. The van der Waals surface area contributed by atoms with Crippen molar-refractivity contribution in [2.75, 3.05) is 5.75 Å². The van der Waals surface area contributed by atoms with E-state index < -0.39 is 0 Å². The summed E-state index contributed by atoms with van der Waals surface area (Å²) in [6.45, 7) is 2.19. The maximum absolute atomic E-state index is 12.4. The van der Waals surface area contributed by atoms with E-state index in [1.807, 2.05) is 48.5 Å². The van der Waals surface area contributed by atoms with Gasteiger partial charge in [0, 0.05) is 24.1 Å². The van der Waals surface area contributed by atoms with Crippen molar-refractivity contribution in [2.24, 2.45) is 0 Å². The van der Waals surface area contributed by atoms with Gasteiger partial charge in [0.1, 0.15) is 6.54 Å². The normalized spacial score (nSPS) is 10.6. The molecule has 28 heavy (non-hydrogen) atoms. The minimum absolute atomic E-state index is 0.0351. The third kappa shape index (κ3) is 5.82. The smallest absolute Gasteiger partial charge is 0.254 e. The Kier molecular flexibility index (Phi) is 7.03. The van der Waals surface area contributed by atoms with Gasteiger partial charge < -0.3 is 5.32 Å². The van der Waals surface area contributed by atoms with Crippen molar-refractivity contribution in [3.8, 4) is 0 Å². The van der Waals surface area contributed by atoms with Gasteiger partial charge in [-0.25, -0.2) is 4.98 Å². The molecule has 0 aliphatic carbocycles. The summed E-state index contributed by atoms with van der Waals surface area (Å²) in [5, 5.41) is 3.44. The predicted octanol–water partition coefficient (Wildman–Crippen LogP) is 3.20. The average Bonchev–Trinajstić information content (AvgIpc) is 2.70. The first-order valence-electron chi connectivity index (χ1n) is 9.17. The van der Waals surface area contributed by atoms with Crippen LogP contribution in [0.25, 0.3) is 0 Å². The second kappa shape index (κ2) is 9.90. The maximum Gasteiger partial charge on any atom is 0.254 e. The van der Waals surface area contributed by atoms with Crippen molar-refractivity contribution in [1.29, 1.82) is 0 Å². The first-order chi connectivity index (χ1) is 13.6. The van der Waals surface area contributed by atoms with Crippen LogP contribution in [0, 0.1) is 6.92 Å². The van der Waals surface area contributed by atoms with Crippen LogP contribution >= 0.6 is 11.8 Å². The van der Waals surface area contributed by atoms with E-state index in [0.29, 0.717) is 17.4 Å². The van der Waals surface area contributed by atoms with Crippen molar-refractivity contribution < 1.29 is 4.79 Å². The first-order valence-corrected chi connectivity index (χ1v) is 10.2. The molecule has 0 atom stereocenters. The van der Waals surface area contributed by atoms with Gasteiger partial charge in [0.25, 0.3) is 5.56 Å². The van der Waals surface area contributed by atoms with Crippen LogP contribution in [0.3, 0.4) is 0 Å². The number of rotatable bonds is 8. The molecule has 144 valence electrons. The summed E-state index contributed by atoms with van der Waals surface area (Å²) < 4.78 is 1.45. The highest BCUT2D eigenvalue weighted by Gasteiger charge is 2.12. The van der Waals surface area contributed by atoms with Gasteiger partial charge in [0.15, 0.2) is 5.16 Å². The lowest BCUT2D eigenvalue weighted by Gasteiger charge is -2.12. The number of thioether (sulfide) groups is 1. The SMILES string of the molecule is Cc1cc(=O)n(CC(=O)NCc2ccccc2)c(SCCc2ccccc2)n1. The van der Waals surface area contributed by atoms with Crippen LogP contribution in [0.1, 0.15) is 16.8 Å². The van der Waals surface area contributed by atoms with Gasteiger partial charge in [-0.1, -0.05) is 72.4 Å². The van der Waals surface area contributed by atoms with Crippen molar-refractivity contribution in [1.82, 2.24) is 14.9 Å². The molecule has 1 N–H and O–H groups in total. The Morgan fingerprint density at radius 1 is 1.04 bits per heavy atom. The van der Waals surface area contributed by atoms with Crippen molar-refractivity contribution in [3.05, 3.63) is 93.9 Å². The number of aryl methyl sites for hydroxylation is 2. The standard InChI is InChI=1S/C22H23N3O2S/c1-17-14-21(27)25(16-20(26)23-15-19-10-6-3-7-11-19)22(24-17)28-13-12-18-8-4-2-5-9-18/h2-11,14H,12-13,15-16H2,1H3,(H,23,26). The largest absolute Gasteiger partial charge is 0.350 e. The van der Waals surface area contributed by atoms with Crippen LogP contribution in [0.2, 0.25) is 0 Å². The van der Waals surface area contributed by atoms with Gasteiger partial charge in [-0.3, -0.25) is 14.2 Å². The molecule has 0 aliphatic rings. The van der Waals surface area contributed by atoms with Gasteiger partial charge in [-0.05, 0) is 24.5 Å². The number of nitrogens with zero attached hydrogens (tertiary/aromatic N) is 2. The van der Waals surface area contributed by atoms with Gasteiger partial charge >= 0.3 is 0 Å². The number of amides is 1. The Bertz CT molecular complexity index is 972. The minimum atomic E-state index is -0.207. The molecule has 0 aliphatic heterocycles. The molecule has 3 aromatic rings. The molecule has 0 saturated heterocycles. The summed E-state index contributed by atoms with van der Waals surface area (Å²) in [6.07, 6.45) is 0.871. The fourth-order valence-electron chi connectivity index (χ4n) is 2.75. The number of hydrogen-bond donors (Lipinski definition) is 1. The number of carbonyl (C=O) groups excluding carboxylic acids is 1. The van der Waals surface area contributed by atoms with E-state index in [2.05, 4.69) is 22.4 Å². The summed E-state index contributed by atoms with van der Waals surface area (Å²) in [5.41, 5.74) is 2.71. The lowest BCUT2D eigenvalue weighted by atomic mass is 10.2. The molecule has 0 saturated carbocycles. The molecule has 0 radical (unpaired) electrons. The minimum Gasteiger partial charge on any atom is -0.350 e. The van der Waals surface area contributed by atoms with Crippen LogP contribution in [0.4, 0.5) is 0 Å². The summed E-state index contributed by atoms with van der Waals surface area (Å²) in [4.78, 5) is 29.3. The lowest BCUT2D eigenvalue weighted by molar-refractivity contribution is -0.122. The molecule has 1 aromatic heterocycles. The molecule has 2 aromatic carbocycles. The third-order valence-corrected chi connectivity index (χ3v) is 5.18. The Hall–Kier alpha value is -2.86. The lowest BCUT2D eigenvalue weighted by Crippen LogP contribution is -2.33. The third-order valence-electron chi connectivity index (χ3n) is 4.20. The zero-order chi connectivity index (χ0) is 19.8. The van der Waals surface area contributed by atoms with Crippen LogP contribution < -0.4 is 10.9 Å². The van der Waals surface area contributed by atoms with Crippen LogP contribution in [-0.2, 0) is 24.3 Å². The van der Waals surface area contributed by atoms with E-state index in [1.165, 1.54) is 28.0 Å². The fourth-order valence-corrected chi connectivity index (χ4v) is 3.79. The Balaban J connectivity index is 1.64. The van der Waals surface area contributed by atoms with Crippen LogP contribution in [-0.4, -0.2) is 21.2 Å². The Morgan fingerprint density at radius 3 is 2.36 bits per heavy atom. The van der Waals surface area contributed by atoms with Crippen LogP contribution in [0.15, 0.2) is 76.7 Å². The van der Waals surface area contributed by atoms with Gasteiger partial charge in [-0.15, -0.1) is 0 Å². The van der Waals surface area contributed by atoms with Gasteiger partial charge in [-0.2, -0.15) is 0 Å². The molecule has 6 heteroatoms. The first kappa shape index (κ1) is 19.9. The second-order valence-corrected chi connectivity index (χ2v) is 7.51. The predicted molar refractivity (Wildman–Crippen MR) is 112 cm³/mol. The number of aromatic nitrogens is 2. The molecule has 0 fully saturated rings. The van der Waals surface area contributed by atoms with Crippen molar-refractivity contribution in [3.63, 3.8) is 0 Å². The molecular weight excluding hydrogens is 370 g/mol. The zero-order valence-electron chi connectivity index (χ0n) is 15.8. The molecule has 0 spiro atoms. The van der Waals surface area contributed by atoms with E-state index in [-0.39, 0.29) is 18.0 Å². The highest BCUT2D eigenvalue weighted by Crippen LogP contribution is 2.16. The highest BCUT2D eigenvalue weighted by atomic mass is 32.2. The highest BCUT2D eigenvalue weighted by molar-refractivity contribution is 7.99. The van der Waals surface area contributed by atoms with E-state index in [0.717, 1.165) is 17.7 Å².